The highest BCUT2D eigenvalue weighted by atomic mass is 16.5. The lowest BCUT2D eigenvalue weighted by Gasteiger charge is -2.16. The van der Waals surface area contributed by atoms with Crippen LogP contribution in [-0.2, 0) is 0 Å². The van der Waals surface area contributed by atoms with Gasteiger partial charge in [-0.2, -0.15) is 0 Å². The molecule has 0 atom stereocenters. The minimum Gasteiger partial charge on any atom is -0.493 e. The molecule has 18 heavy (non-hydrogen) atoms. The first kappa shape index (κ1) is 14.9. The van der Waals surface area contributed by atoms with Crippen LogP contribution in [0.15, 0.2) is 12.1 Å². The van der Waals surface area contributed by atoms with E-state index in [9.17, 15) is 0 Å². The molecule has 1 rings (SSSR count). The molecule has 0 saturated carbocycles. The van der Waals surface area contributed by atoms with E-state index in [0.717, 1.165) is 30.0 Å². The monoisotopic (exact) mass is 249 g/mol. The van der Waals surface area contributed by atoms with Gasteiger partial charge in [0, 0.05) is 5.69 Å². The number of ether oxygens (including phenoxy) is 1. The van der Waals surface area contributed by atoms with E-state index in [1.807, 2.05) is 6.92 Å². The average molecular weight is 249 g/mol. The molecule has 2 heteroatoms. The zero-order valence-corrected chi connectivity index (χ0v) is 12.3. The third-order valence-corrected chi connectivity index (χ3v) is 3.28. The van der Waals surface area contributed by atoms with Crippen molar-refractivity contribution in [2.24, 2.45) is 0 Å². The number of aryl methyl sites for hydroxylation is 1. The summed E-state index contributed by atoms with van der Waals surface area (Å²) in [5.41, 5.74) is 9.14. The van der Waals surface area contributed by atoms with Crippen LogP contribution in [0.2, 0.25) is 0 Å². The third-order valence-electron chi connectivity index (χ3n) is 3.28. The summed E-state index contributed by atoms with van der Waals surface area (Å²) < 4.78 is 5.93. The van der Waals surface area contributed by atoms with Crippen molar-refractivity contribution in [1.29, 1.82) is 0 Å². The van der Waals surface area contributed by atoms with Gasteiger partial charge in [0.2, 0.25) is 0 Å². The highest BCUT2D eigenvalue weighted by molar-refractivity contribution is 5.55. The first-order valence-electron chi connectivity index (χ1n) is 7.09. The second-order valence-corrected chi connectivity index (χ2v) is 5.31. The quantitative estimate of drug-likeness (QED) is 0.563. The Bertz CT molecular complexity index is 372. The van der Waals surface area contributed by atoms with E-state index in [2.05, 4.69) is 32.9 Å². The lowest BCUT2D eigenvalue weighted by atomic mass is 9.99. The Hall–Kier alpha value is -1.18. The summed E-state index contributed by atoms with van der Waals surface area (Å²) in [4.78, 5) is 0. The van der Waals surface area contributed by atoms with Gasteiger partial charge in [-0.15, -0.1) is 0 Å². The summed E-state index contributed by atoms with van der Waals surface area (Å²) >= 11 is 0. The van der Waals surface area contributed by atoms with Crippen LogP contribution in [0.1, 0.15) is 63.5 Å². The number of benzene rings is 1. The van der Waals surface area contributed by atoms with E-state index in [1.54, 1.807) is 0 Å². The van der Waals surface area contributed by atoms with Crippen molar-refractivity contribution in [3.8, 4) is 5.75 Å². The van der Waals surface area contributed by atoms with Gasteiger partial charge >= 0.3 is 0 Å². The lowest BCUT2D eigenvalue weighted by Crippen LogP contribution is -2.03. The van der Waals surface area contributed by atoms with E-state index in [1.165, 1.54) is 24.8 Å². The number of nitrogen functional groups attached to an aromatic ring is 1. The predicted octanol–water partition coefficient (Wildman–Crippen LogP) is 4.66. The Morgan fingerprint density at radius 2 is 1.89 bits per heavy atom. The summed E-state index contributed by atoms with van der Waals surface area (Å²) in [7, 11) is 0. The first-order chi connectivity index (χ1) is 8.56. The Morgan fingerprint density at radius 1 is 1.17 bits per heavy atom. The summed E-state index contributed by atoms with van der Waals surface area (Å²) in [5.74, 6) is 1.45. The molecule has 0 spiro atoms. The van der Waals surface area contributed by atoms with Crippen molar-refractivity contribution in [2.45, 2.75) is 59.3 Å². The normalized spacial score (nSPS) is 10.9. The summed E-state index contributed by atoms with van der Waals surface area (Å²) in [6.45, 7) is 9.41. The topological polar surface area (TPSA) is 35.2 Å². The zero-order valence-electron chi connectivity index (χ0n) is 12.3. The van der Waals surface area contributed by atoms with E-state index in [4.69, 9.17) is 10.5 Å². The third kappa shape index (κ3) is 4.25. The number of anilines is 1. The van der Waals surface area contributed by atoms with Gasteiger partial charge < -0.3 is 10.5 Å². The second kappa shape index (κ2) is 7.30. The Labute approximate surface area is 112 Å². The average Bonchev–Trinajstić information content (AvgIpc) is 2.32. The Kier molecular flexibility index (Phi) is 6.03. The lowest BCUT2D eigenvalue weighted by molar-refractivity contribution is 0.301. The number of hydrogen-bond donors (Lipinski definition) is 1. The van der Waals surface area contributed by atoms with Crippen LogP contribution in [-0.4, -0.2) is 6.61 Å². The van der Waals surface area contributed by atoms with Crippen molar-refractivity contribution < 1.29 is 4.74 Å². The predicted molar refractivity (Wildman–Crippen MR) is 79.3 cm³/mol. The van der Waals surface area contributed by atoms with Gasteiger partial charge in [0.15, 0.2) is 0 Å². The van der Waals surface area contributed by atoms with Gasteiger partial charge in [-0.25, -0.2) is 0 Å². The Morgan fingerprint density at radius 3 is 2.50 bits per heavy atom. The molecule has 1 aromatic rings. The molecule has 0 aliphatic heterocycles. The van der Waals surface area contributed by atoms with Crippen LogP contribution in [0.3, 0.4) is 0 Å². The Balaban J connectivity index is 2.65. The van der Waals surface area contributed by atoms with Crippen LogP contribution >= 0.6 is 0 Å². The minimum absolute atomic E-state index is 0.443. The number of rotatable bonds is 7. The van der Waals surface area contributed by atoms with Crippen molar-refractivity contribution in [3.05, 3.63) is 23.3 Å². The molecular formula is C16H27NO. The molecular weight excluding hydrogens is 222 g/mol. The molecule has 0 unspecified atom stereocenters. The largest absolute Gasteiger partial charge is 0.493 e. The molecule has 2 N–H and O–H groups in total. The molecule has 0 fully saturated rings. The van der Waals surface area contributed by atoms with Gasteiger partial charge in [-0.3, -0.25) is 0 Å². The fourth-order valence-electron chi connectivity index (χ4n) is 2.00. The van der Waals surface area contributed by atoms with Gasteiger partial charge in [0.25, 0.3) is 0 Å². The molecule has 2 nitrogen and oxygen atoms in total. The van der Waals surface area contributed by atoms with Crippen LogP contribution in [0.4, 0.5) is 5.69 Å². The fraction of sp³-hybridized carbons (Fsp3) is 0.625. The molecule has 102 valence electrons. The van der Waals surface area contributed by atoms with Gasteiger partial charge in [-0.1, -0.05) is 40.0 Å². The van der Waals surface area contributed by atoms with Crippen LogP contribution < -0.4 is 10.5 Å². The van der Waals surface area contributed by atoms with Crippen LogP contribution in [0, 0.1) is 6.92 Å². The molecule has 0 aliphatic rings. The maximum atomic E-state index is 5.97. The second-order valence-electron chi connectivity index (χ2n) is 5.31. The molecule has 0 aromatic heterocycles. The molecule has 0 heterocycles. The summed E-state index contributed by atoms with van der Waals surface area (Å²) in [6, 6.07) is 4.13. The van der Waals surface area contributed by atoms with Crippen molar-refractivity contribution in [3.63, 3.8) is 0 Å². The smallest absolute Gasteiger partial charge is 0.123 e. The number of unbranched alkanes of at least 4 members (excludes halogenated alkanes) is 3. The fourth-order valence-corrected chi connectivity index (χ4v) is 2.00. The van der Waals surface area contributed by atoms with Crippen LogP contribution in [0.5, 0.6) is 5.75 Å². The molecule has 0 bridgehead atoms. The van der Waals surface area contributed by atoms with E-state index in [-0.39, 0.29) is 0 Å². The molecule has 0 saturated heterocycles. The number of nitrogens with two attached hydrogens (primary N) is 1. The summed E-state index contributed by atoms with van der Waals surface area (Å²) in [6.07, 6.45) is 4.94. The zero-order chi connectivity index (χ0) is 13.5. The van der Waals surface area contributed by atoms with E-state index >= 15 is 0 Å². The minimum atomic E-state index is 0.443. The number of hydrogen-bond acceptors (Lipinski definition) is 2. The van der Waals surface area contributed by atoms with Crippen molar-refractivity contribution in [1.82, 2.24) is 0 Å². The van der Waals surface area contributed by atoms with E-state index in [0.29, 0.717) is 5.92 Å². The van der Waals surface area contributed by atoms with Crippen LogP contribution in [0.25, 0.3) is 0 Å². The highest BCUT2D eigenvalue weighted by Crippen LogP contribution is 2.31. The summed E-state index contributed by atoms with van der Waals surface area (Å²) in [5, 5.41) is 0. The molecule has 1 aromatic carbocycles. The molecule has 0 aliphatic carbocycles. The van der Waals surface area contributed by atoms with Crippen molar-refractivity contribution in [2.75, 3.05) is 12.3 Å². The highest BCUT2D eigenvalue weighted by Gasteiger charge is 2.10. The first-order valence-corrected chi connectivity index (χ1v) is 7.09. The van der Waals surface area contributed by atoms with Gasteiger partial charge in [-0.05, 0) is 42.5 Å². The SMILES string of the molecule is CCCCCCOc1cc(C)c(N)cc1C(C)C. The molecule has 0 radical (unpaired) electrons. The standard InChI is InChI=1S/C16H27NO/c1-5-6-7-8-9-18-16-10-13(4)15(17)11-14(16)12(2)3/h10-12H,5-9,17H2,1-4H3. The van der Waals surface area contributed by atoms with Gasteiger partial charge in [0.1, 0.15) is 5.75 Å². The van der Waals surface area contributed by atoms with Gasteiger partial charge in [0.05, 0.1) is 6.61 Å². The maximum Gasteiger partial charge on any atom is 0.123 e. The maximum absolute atomic E-state index is 5.97. The van der Waals surface area contributed by atoms with E-state index < -0.39 is 0 Å². The molecule has 0 amide bonds. The van der Waals surface area contributed by atoms with Crippen molar-refractivity contribution >= 4 is 5.69 Å².